The molecule has 6 nitrogen and oxygen atoms in total. The summed E-state index contributed by atoms with van der Waals surface area (Å²) in [6.45, 7) is 0.479. The molecular formula is C24H26F2N2O4S. The number of alkyl halides is 1. The summed E-state index contributed by atoms with van der Waals surface area (Å²) in [7, 11) is -4.14. The average molecular weight is 477 g/mol. The van der Waals surface area contributed by atoms with Crippen molar-refractivity contribution < 1.29 is 26.7 Å². The van der Waals surface area contributed by atoms with Crippen molar-refractivity contribution in [3.63, 3.8) is 0 Å². The Bertz CT molecular complexity index is 1180. The first-order valence-electron chi connectivity index (χ1n) is 11.3. The summed E-state index contributed by atoms with van der Waals surface area (Å²) < 4.78 is 62.5. The Hall–Kier alpha value is -2.52. The Kier molecular flexibility index (Phi) is 5.64. The zero-order valence-corrected chi connectivity index (χ0v) is 18.9. The van der Waals surface area contributed by atoms with E-state index in [9.17, 15) is 22.0 Å². The smallest absolute Gasteiger partial charge is 0.247 e. The number of halogens is 2. The molecule has 5 rings (SSSR count). The summed E-state index contributed by atoms with van der Waals surface area (Å²) >= 11 is 0. The van der Waals surface area contributed by atoms with Crippen molar-refractivity contribution in [1.29, 1.82) is 0 Å². The van der Waals surface area contributed by atoms with E-state index in [2.05, 4.69) is 4.72 Å². The molecule has 0 unspecified atom stereocenters. The molecule has 2 aliphatic heterocycles. The molecular weight excluding hydrogens is 450 g/mol. The van der Waals surface area contributed by atoms with Crippen LogP contribution in [0.15, 0.2) is 42.5 Å². The molecule has 0 aromatic heterocycles. The minimum Gasteiger partial charge on any atom is -0.489 e. The first-order chi connectivity index (χ1) is 15.8. The number of amides is 1. The van der Waals surface area contributed by atoms with Crippen molar-refractivity contribution in [3.8, 4) is 16.9 Å². The monoisotopic (exact) mass is 476 g/mol. The number of piperidine rings is 1. The van der Waals surface area contributed by atoms with Gasteiger partial charge in [0.25, 0.3) is 0 Å². The maximum absolute atomic E-state index is 14.5. The van der Waals surface area contributed by atoms with Gasteiger partial charge in [0.05, 0.1) is 19.1 Å². The highest BCUT2D eigenvalue weighted by molar-refractivity contribution is 7.91. The molecule has 2 heterocycles. The number of sulfonamides is 1. The van der Waals surface area contributed by atoms with E-state index in [0.29, 0.717) is 31.4 Å². The van der Waals surface area contributed by atoms with E-state index in [-0.39, 0.29) is 37.5 Å². The molecule has 1 amide bonds. The van der Waals surface area contributed by atoms with Crippen molar-refractivity contribution >= 4 is 15.9 Å². The lowest BCUT2D eigenvalue weighted by Crippen LogP contribution is -2.59. The number of fused-ring (bicyclic) bond motifs is 5. The van der Waals surface area contributed by atoms with Gasteiger partial charge in [-0.05, 0) is 36.5 Å². The van der Waals surface area contributed by atoms with Crippen LogP contribution in [0.2, 0.25) is 0 Å². The van der Waals surface area contributed by atoms with Crippen LogP contribution in [-0.2, 0) is 21.2 Å². The van der Waals surface area contributed by atoms with Gasteiger partial charge in [-0.15, -0.1) is 0 Å². The maximum Gasteiger partial charge on any atom is 0.247 e. The second-order valence-electron chi connectivity index (χ2n) is 9.03. The fourth-order valence-electron chi connectivity index (χ4n) is 4.80. The minimum absolute atomic E-state index is 0.000335. The number of benzene rings is 2. The van der Waals surface area contributed by atoms with Crippen LogP contribution in [0.4, 0.5) is 8.78 Å². The van der Waals surface area contributed by atoms with Gasteiger partial charge in [0.1, 0.15) is 0 Å². The second-order valence-corrected chi connectivity index (χ2v) is 11.0. The maximum atomic E-state index is 14.5. The van der Waals surface area contributed by atoms with Crippen molar-refractivity contribution in [2.75, 3.05) is 13.2 Å². The molecule has 0 spiro atoms. The Labute approximate surface area is 192 Å². The third kappa shape index (κ3) is 4.24. The molecule has 9 heteroatoms. The number of carbonyl (C=O) groups is 1. The van der Waals surface area contributed by atoms with Crippen LogP contribution >= 0.6 is 0 Å². The number of hydrogen-bond acceptors (Lipinski definition) is 4. The van der Waals surface area contributed by atoms with E-state index in [4.69, 9.17) is 4.74 Å². The summed E-state index contributed by atoms with van der Waals surface area (Å²) in [5.74, 6) is -0.575. The third-order valence-corrected chi connectivity index (χ3v) is 8.73. The molecule has 2 aromatic rings. The van der Waals surface area contributed by atoms with Gasteiger partial charge < -0.3 is 9.64 Å². The normalized spacial score (nSPS) is 24.5. The zero-order valence-electron chi connectivity index (χ0n) is 18.1. The highest BCUT2D eigenvalue weighted by Gasteiger charge is 2.57. The lowest BCUT2D eigenvalue weighted by atomic mass is 9.90. The van der Waals surface area contributed by atoms with Crippen LogP contribution < -0.4 is 9.46 Å². The number of rotatable bonds is 3. The van der Waals surface area contributed by atoms with Gasteiger partial charge in [0.2, 0.25) is 20.9 Å². The van der Waals surface area contributed by atoms with Crippen LogP contribution in [0.25, 0.3) is 11.1 Å². The van der Waals surface area contributed by atoms with E-state index in [0.717, 1.165) is 11.1 Å². The number of carbonyl (C=O) groups excluding carboxylic acids is 1. The topological polar surface area (TPSA) is 75.7 Å². The van der Waals surface area contributed by atoms with Gasteiger partial charge in [0.15, 0.2) is 11.6 Å². The average Bonchev–Trinajstić information content (AvgIpc) is 3.54. The first-order valence-corrected chi connectivity index (χ1v) is 12.8. The molecule has 2 atom stereocenters. The van der Waals surface area contributed by atoms with Crippen LogP contribution in [0.1, 0.15) is 37.7 Å². The van der Waals surface area contributed by atoms with Crippen LogP contribution in [-0.4, -0.2) is 49.5 Å². The molecule has 176 valence electrons. The predicted octanol–water partition coefficient (Wildman–Crippen LogP) is 3.56. The second kappa shape index (κ2) is 8.36. The fourth-order valence-corrected chi connectivity index (χ4v) is 6.33. The number of para-hydroxylation sites is 1. The zero-order chi connectivity index (χ0) is 23.2. The Balaban J connectivity index is 1.52. The standard InChI is InChI=1S/C24H26F2N2O4S/c25-19-7-2-6-18-17-5-1-4-16(14-17)15-21-20(27-33(30,31)24(26)10-11-24)8-3-12-28(21)22(29)9-13-32-23(18)19/h1-2,4-7,14,20-21,27H,3,8-13,15H2/t20-,21-/m0/s1. The molecule has 1 saturated heterocycles. The lowest BCUT2D eigenvalue weighted by molar-refractivity contribution is -0.136. The van der Waals surface area contributed by atoms with Crippen molar-refractivity contribution in [1.82, 2.24) is 9.62 Å². The van der Waals surface area contributed by atoms with Gasteiger partial charge in [0, 0.05) is 31.0 Å². The first kappa shape index (κ1) is 22.3. The van der Waals surface area contributed by atoms with Gasteiger partial charge in [-0.2, -0.15) is 0 Å². The van der Waals surface area contributed by atoms with Gasteiger partial charge in [-0.1, -0.05) is 36.4 Å². The molecule has 2 fully saturated rings. The van der Waals surface area contributed by atoms with Gasteiger partial charge >= 0.3 is 0 Å². The van der Waals surface area contributed by atoms with Crippen molar-refractivity contribution in [2.45, 2.75) is 55.6 Å². The Morgan fingerprint density at radius 1 is 1.15 bits per heavy atom. The van der Waals surface area contributed by atoms with Gasteiger partial charge in [-0.25, -0.2) is 21.9 Å². The number of hydrogen-bond donors (Lipinski definition) is 1. The largest absolute Gasteiger partial charge is 0.489 e. The molecule has 1 N–H and O–H groups in total. The van der Waals surface area contributed by atoms with Crippen LogP contribution in [0, 0.1) is 5.82 Å². The fraction of sp³-hybridized carbons (Fsp3) is 0.458. The van der Waals surface area contributed by atoms with E-state index < -0.39 is 32.9 Å². The summed E-state index contributed by atoms with van der Waals surface area (Å²) in [6, 6.07) is 11.2. The van der Waals surface area contributed by atoms with Crippen LogP contribution in [0.3, 0.4) is 0 Å². The summed E-state index contributed by atoms with van der Waals surface area (Å²) in [5.41, 5.74) is 2.24. The SMILES string of the molecule is O=C1CCOc2c(F)cccc2-c2cccc(c2)C[C@H]2[C@@H](NS(=O)(=O)C3(F)CC3)CCCN12. The number of nitrogens with one attached hydrogen (secondary N) is 1. The third-order valence-electron chi connectivity index (χ3n) is 6.74. The molecule has 33 heavy (non-hydrogen) atoms. The predicted molar refractivity (Wildman–Crippen MR) is 119 cm³/mol. The Morgan fingerprint density at radius 3 is 2.73 bits per heavy atom. The molecule has 1 saturated carbocycles. The van der Waals surface area contributed by atoms with Crippen LogP contribution in [0.5, 0.6) is 5.75 Å². The summed E-state index contributed by atoms with van der Waals surface area (Å²) in [5, 5.41) is -2.20. The van der Waals surface area contributed by atoms with Gasteiger partial charge in [-0.3, -0.25) is 4.79 Å². The van der Waals surface area contributed by atoms with E-state index in [1.807, 2.05) is 24.3 Å². The van der Waals surface area contributed by atoms with E-state index in [1.165, 1.54) is 6.07 Å². The highest BCUT2D eigenvalue weighted by Crippen LogP contribution is 2.45. The lowest BCUT2D eigenvalue weighted by Gasteiger charge is -2.42. The molecule has 1 aliphatic carbocycles. The van der Waals surface area contributed by atoms with Crippen molar-refractivity contribution in [3.05, 3.63) is 53.8 Å². The van der Waals surface area contributed by atoms with Crippen molar-refractivity contribution in [2.24, 2.45) is 0 Å². The summed E-state index contributed by atoms with van der Waals surface area (Å²) in [6.07, 6.45) is 1.55. The Morgan fingerprint density at radius 2 is 1.94 bits per heavy atom. The molecule has 2 aromatic carbocycles. The summed E-state index contributed by atoms with van der Waals surface area (Å²) in [4.78, 5) is 14.8. The number of nitrogens with zero attached hydrogens (tertiary/aromatic N) is 1. The highest BCUT2D eigenvalue weighted by atomic mass is 32.2. The van der Waals surface area contributed by atoms with E-state index in [1.54, 1.807) is 17.0 Å². The molecule has 3 aliphatic rings. The minimum atomic E-state index is -4.14. The quantitative estimate of drug-likeness (QED) is 0.735. The molecule has 2 bridgehead atoms. The number of ether oxygens (including phenoxy) is 1. The van der Waals surface area contributed by atoms with E-state index >= 15 is 0 Å². The molecule has 0 radical (unpaired) electrons.